The molecule has 0 aliphatic carbocycles. The van der Waals surface area contributed by atoms with E-state index in [2.05, 4.69) is 0 Å². The monoisotopic (exact) mass is 342 g/mol. The molecule has 0 saturated heterocycles. The SMILES string of the molecule is CCC(=O)OC(CCCC(=O)CCC(=O)CCOC)CCC(C)=O. The number of rotatable bonds is 15. The fourth-order valence-electron chi connectivity index (χ4n) is 2.17. The summed E-state index contributed by atoms with van der Waals surface area (Å²) in [7, 11) is 1.53. The molecule has 138 valence electrons. The van der Waals surface area contributed by atoms with E-state index >= 15 is 0 Å². The maximum absolute atomic E-state index is 11.8. The summed E-state index contributed by atoms with van der Waals surface area (Å²) in [4.78, 5) is 45.8. The highest BCUT2D eigenvalue weighted by Gasteiger charge is 2.15. The van der Waals surface area contributed by atoms with Crippen LogP contribution in [-0.2, 0) is 28.7 Å². The van der Waals surface area contributed by atoms with Crippen LogP contribution in [-0.4, -0.2) is 43.1 Å². The van der Waals surface area contributed by atoms with E-state index in [0.717, 1.165) is 0 Å². The van der Waals surface area contributed by atoms with Crippen LogP contribution in [0.4, 0.5) is 0 Å². The quantitative estimate of drug-likeness (QED) is 0.425. The lowest BCUT2D eigenvalue weighted by Gasteiger charge is -2.17. The number of hydrogen-bond donors (Lipinski definition) is 0. The molecule has 0 rings (SSSR count). The second-order valence-electron chi connectivity index (χ2n) is 5.92. The lowest BCUT2D eigenvalue weighted by molar-refractivity contribution is -0.149. The van der Waals surface area contributed by atoms with Crippen LogP contribution in [0.5, 0.6) is 0 Å². The molecule has 0 aromatic rings. The van der Waals surface area contributed by atoms with Gasteiger partial charge >= 0.3 is 5.97 Å². The van der Waals surface area contributed by atoms with E-state index in [4.69, 9.17) is 9.47 Å². The van der Waals surface area contributed by atoms with E-state index in [1.807, 2.05) is 0 Å². The van der Waals surface area contributed by atoms with Crippen LogP contribution >= 0.6 is 0 Å². The second kappa shape index (κ2) is 13.8. The molecule has 0 fully saturated rings. The number of methoxy groups -OCH3 is 1. The number of ether oxygens (including phenoxy) is 2. The van der Waals surface area contributed by atoms with Gasteiger partial charge in [-0.3, -0.25) is 14.4 Å². The summed E-state index contributed by atoms with van der Waals surface area (Å²) in [6.45, 7) is 3.60. The Labute approximate surface area is 144 Å². The molecule has 24 heavy (non-hydrogen) atoms. The molecule has 6 nitrogen and oxygen atoms in total. The molecule has 0 aliphatic heterocycles. The van der Waals surface area contributed by atoms with Crippen molar-refractivity contribution in [3.8, 4) is 0 Å². The van der Waals surface area contributed by atoms with Gasteiger partial charge in [-0.05, 0) is 26.2 Å². The smallest absolute Gasteiger partial charge is 0.305 e. The summed E-state index contributed by atoms with van der Waals surface area (Å²) >= 11 is 0. The molecule has 0 aromatic heterocycles. The van der Waals surface area contributed by atoms with E-state index in [1.54, 1.807) is 6.92 Å². The van der Waals surface area contributed by atoms with E-state index in [9.17, 15) is 19.2 Å². The van der Waals surface area contributed by atoms with Gasteiger partial charge in [0.25, 0.3) is 0 Å². The van der Waals surface area contributed by atoms with Gasteiger partial charge in [0.15, 0.2) is 0 Å². The van der Waals surface area contributed by atoms with Gasteiger partial charge in [-0.25, -0.2) is 0 Å². The fourth-order valence-corrected chi connectivity index (χ4v) is 2.17. The zero-order valence-electron chi connectivity index (χ0n) is 15.1. The van der Waals surface area contributed by atoms with Crippen LogP contribution in [0.2, 0.25) is 0 Å². The number of esters is 1. The molecule has 6 heteroatoms. The predicted octanol–water partition coefficient (Wildman–Crippen LogP) is 2.80. The maximum atomic E-state index is 11.8. The molecule has 0 bridgehead atoms. The summed E-state index contributed by atoms with van der Waals surface area (Å²) in [5.74, 6) is -0.175. The Morgan fingerprint density at radius 3 is 2.04 bits per heavy atom. The average molecular weight is 342 g/mol. The standard InChI is InChI=1S/C18H30O6/c1-4-18(22)24-17(11-8-14(2)19)7-5-6-15(20)9-10-16(21)12-13-23-3/h17H,4-13H2,1-3H3. The first-order chi connectivity index (χ1) is 11.4. The van der Waals surface area contributed by atoms with Crippen LogP contribution in [0.1, 0.15) is 71.6 Å². The summed E-state index contributed by atoms with van der Waals surface area (Å²) in [5.41, 5.74) is 0. The molecule has 0 heterocycles. The Morgan fingerprint density at radius 1 is 0.875 bits per heavy atom. The van der Waals surface area contributed by atoms with Gasteiger partial charge < -0.3 is 14.3 Å². The van der Waals surface area contributed by atoms with Gasteiger partial charge in [0.1, 0.15) is 23.5 Å². The van der Waals surface area contributed by atoms with E-state index < -0.39 is 0 Å². The van der Waals surface area contributed by atoms with Crippen LogP contribution < -0.4 is 0 Å². The first-order valence-electron chi connectivity index (χ1n) is 8.60. The van der Waals surface area contributed by atoms with Crippen molar-refractivity contribution in [2.24, 2.45) is 0 Å². The topological polar surface area (TPSA) is 86.7 Å². The molecule has 0 amide bonds. The molecule has 1 unspecified atom stereocenters. The van der Waals surface area contributed by atoms with E-state index in [1.165, 1.54) is 14.0 Å². The number of carbonyl (C=O) groups excluding carboxylic acids is 4. The van der Waals surface area contributed by atoms with Crippen molar-refractivity contribution in [3.05, 3.63) is 0 Å². The van der Waals surface area contributed by atoms with Gasteiger partial charge in [-0.1, -0.05) is 6.92 Å². The van der Waals surface area contributed by atoms with Gasteiger partial charge in [0.2, 0.25) is 0 Å². The Morgan fingerprint density at radius 2 is 1.50 bits per heavy atom. The van der Waals surface area contributed by atoms with Crippen molar-refractivity contribution in [2.75, 3.05) is 13.7 Å². The van der Waals surface area contributed by atoms with Crippen LogP contribution in [0, 0.1) is 0 Å². The largest absolute Gasteiger partial charge is 0.462 e. The molecule has 0 radical (unpaired) electrons. The van der Waals surface area contributed by atoms with Crippen LogP contribution in [0.25, 0.3) is 0 Å². The maximum Gasteiger partial charge on any atom is 0.305 e. The van der Waals surface area contributed by atoms with Crippen molar-refractivity contribution in [3.63, 3.8) is 0 Å². The van der Waals surface area contributed by atoms with E-state index in [-0.39, 0.29) is 42.3 Å². The van der Waals surface area contributed by atoms with Crippen LogP contribution in [0.3, 0.4) is 0 Å². The summed E-state index contributed by atoms with van der Waals surface area (Å²) in [6, 6.07) is 0. The predicted molar refractivity (Wildman–Crippen MR) is 89.7 cm³/mol. The lowest BCUT2D eigenvalue weighted by Crippen LogP contribution is -2.19. The molecule has 0 spiro atoms. The summed E-state index contributed by atoms with van der Waals surface area (Å²) in [6.07, 6.45) is 3.16. The third-order valence-electron chi connectivity index (χ3n) is 3.65. The molecule has 0 aliphatic rings. The number of hydrogen-bond acceptors (Lipinski definition) is 6. The normalized spacial score (nSPS) is 11.8. The average Bonchev–Trinajstić information content (AvgIpc) is 2.55. The number of ketones is 3. The Bertz CT molecular complexity index is 416. The van der Waals surface area contributed by atoms with Gasteiger partial charge in [-0.2, -0.15) is 0 Å². The molecule has 0 saturated carbocycles. The number of carbonyl (C=O) groups is 4. The number of Topliss-reactive ketones (excluding diaryl/α,β-unsaturated/α-hetero) is 3. The summed E-state index contributed by atoms with van der Waals surface area (Å²) in [5, 5.41) is 0. The Hall–Kier alpha value is -1.56. The first kappa shape index (κ1) is 22.4. The molecule has 1 atom stereocenters. The molecule has 0 N–H and O–H groups in total. The minimum Gasteiger partial charge on any atom is -0.462 e. The van der Waals surface area contributed by atoms with Crippen molar-refractivity contribution < 1.29 is 28.7 Å². The zero-order valence-corrected chi connectivity index (χ0v) is 15.1. The highest BCUT2D eigenvalue weighted by Crippen LogP contribution is 2.14. The highest BCUT2D eigenvalue weighted by molar-refractivity contribution is 5.86. The van der Waals surface area contributed by atoms with E-state index in [0.29, 0.717) is 51.6 Å². The van der Waals surface area contributed by atoms with Gasteiger partial charge in [0.05, 0.1) is 6.61 Å². The van der Waals surface area contributed by atoms with Crippen molar-refractivity contribution in [1.29, 1.82) is 0 Å². The molecular weight excluding hydrogens is 312 g/mol. The Kier molecular flexibility index (Phi) is 12.9. The van der Waals surface area contributed by atoms with Gasteiger partial charge in [-0.15, -0.1) is 0 Å². The molecule has 0 aromatic carbocycles. The third-order valence-corrected chi connectivity index (χ3v) is 3.65. The van der Waals surface area contributed by atoms with Gasteiger partial charge in [0, 0.05) is 45.6 Å². The fraction of sp³-hybridized carbons (Fsp3) is 0.778. The minimum atomic E-state index is -0.322. The van der Waals surface area contributed by atoms with Crippen molar-refractivity contribution in [2.45, 2.75) is 77.7 Å². The minimum absolute atomic E-state index is 0.0291. The Balaban J connectivity index is 4.06. The van der Waals surface area contributed by atoms with Crippen molar-refractivity contribution >= 4 is 23.3 Å². The first-order valence-corrected chi connectivity index (χ1v) is 8.60. The third kappa shape index (κ3) is 12.9. The van der Waals surface area contributed by atoms with Crippen molar-refractivity contribution in [1.82, 2.24) is 0 Å². The van der Waals surface area contributed by atoms with Crippen LogP contribution in [0.15, 0.2) is 0 Å². The zero-order chi connectivity index (χ0) is 18.4. The lowest BCUT2D eigenvalue weighted by atomic mass is 10.0. The second-order valence-corrected chi connectivity index (χ2v) is 5.92. The molecular formula is C18H30O6. The summed E-state index contributed by atoms with van der Waals surface area (Å²) < 4.78 is 10.1. The highest BCUT2D eigenvalue weighted by atomic mass is 16.5.